The first-order valence-corrected chi connectivity index (χ1v) is 9.24. The number of benzene rings is 1. The van der Waals surface area contributed by atoms with Crippen molar-refractivity contribution in [2.75, 3.05) is 38.2 Å². The van der Waals surface area contributed by atoms with Crippen molar-refractivity contribution >= 4 is 5.95 Å². The molecular formula is C20H25FN4O. The van der Waals surface area contributed by atoms with Crippen LogP contribution in [0.5, 0.6) is 5.75 Å². The minimum Gasteiger partial charge on any atom is -0.497 e. The summed E-state index contributed by atoms with van der Waals surface area (Å²) < 4.78 is 18.3. The van der Waals surface area contributed by atoms with Crippen LogP contribution in [0.25, 0.3) is 0 Å². The third-order valence-corrected chi connectivity index (χ3v) is 5.63. The van der Waals surface area contributed by atoms with Gasteiger partial charge in [0.1, 0.15) is 5.75 Å². The Kier molecular flexibility index (Phi) is 4.76. The van der Waals surface area contributed by atoms with Crippen molar-refractivity contribution in [3.63, 3.8) is 0 Å². The fraction of sp³-hybridized carbons (Fsp3) is 0.500. The Morgan fingerprint density at radius 3 is 2.58 bits per heavy atom. The largest absolute Gasteiger partial charge is 0.497 e. The summed E-state index contributed by atoms with van der Waals surface area (Å²) in [5, 5.41) is 0. The van der Waals surface area contributed by atoms with Crippen LogP contribution in [-0.4, -0.2) is 48.2 Å². The third kappa shape index (κ3) is 3.65. The quantitative estimate of drug-likeness (QED) is 0.842. The summed E-state index contributed by atoms with van der Waals surface area (Å²) in [6.07, 6.45) is 6.09. The Morgan fingerprint density at radius 1 is 1.08 bits per heavy atom. The van der Waals surface area contributed by atoms with E-state index < -0.39 is 0 Å². The molecule has 2 saturated heterocycles. The molecule has 2 aliphatic rings. The molecule has 138 valence electrons. The molecule has 1 aromatic carbocycles. The molecule has 4 rings (SSSR count). The number of anilines is 1. The first-order chi connectivity index (χ1) is 12.7. The van der Waals surface area contributed by atoms with E-state index in [0.717, 1.165) is 44.9 Å². The van der Waals surface area contributed by atoms with E-state index in [1.807, 2.05) is 12.1 Å². The van der Waals surface area contributed by atoms with Gasteiger partial charge in [0, 0.05) is 31.6 Å². The predicted molar refractivity (Wildman–Crippen MR) is 98.8 cm³/mol. The van der Waals surface area contributed by atoms with Gasteiger partial charge >= 0.3 is 0 Å². The average molecular weight is 356 g/mol. The smallest absolute Gasteiger partial charge is 0.225 e. The van der Waals surface area contributed by atoms with Crippen molar-refractivity contribution < 1.29 is 9.13 Å². The van der Waals surface area contributed by atoms with Crippen molar-refractivity contribution in [3.05, 3.63) is 48.0 Å². The molecule has 0 radical (unpaired) electrons. The fourth-order valence-electron chi connectivity index (χ4n) is 4.33. The Balaban J connectivity index is 1.40. The van der Waals surface area contributed by atoms with Crippen molar-refractivity contribution in [2.24, 2.45) is 5.41 Å². The molecule has 0 amide bonds. The van der Waals surface area contributed by atoms with E-state index >= 15 is 0 Å². The molecule has 2 aliphatic heterocycles. The van der Waals surface area contributed by atoms with E-state index in [1.54, 1.807) is 7.11 Å². The Hall–Kier alpha value is -2.21. The van der Waals surface area contributed by atoms with Gasteiger partial charge in [-0.2, -0.15) is 0 Å². The molecule has 2 fully saturated rings. The molecule has 0 unspecified atom stereocenters. The highest BCUT2D eigenvalue weighted by molar-refractivity contribution is 5.31. The number of hydrogen-bond donors (Lipinski definition) is 0. The summed E-state index contributed by atoms with van der Waals surface area (Å²) in [5.41, 5.74) is 1.61. The van der Waals surface area contributed by atoms with Gasteiger partial charge in [-0.1, -0.05) is 12.1 Å². The Bertz CT molecular complexity index is 736. The Morgan fingerprint density at radius 2 is 1.85 bits per heavy atom. The van der Waals surface area contributed by atoms with E-state index in [0.29, 0.717) is 11.4 Å². The maximum atomic E-state index is 13.1. The van der Waals surface area contributed by atoms with Gasteiger partial charge in [-0.05, 0) is 43.5 Å². The highest BCUT2D eigenvalue weighted by atomic mass is 19.1. The molecule has 3 heterocycles. The van der Waals surface area contributed by atoms with Crippen LogP contribution in [0.4, 0.5) is 10.3 Å². The first kappa shape index (κ1) is 17.2. The van der Waals surface area contributed by atoms with Gasteiger partial charge in [0.05, 0.1) is 19.5 Å². The molecule has 0 N–H and O–H groups in total. The summed E-state index contributed by atoms with van der Waals surface area (Å²) in [6, 6.07) is 8.33. The second-order valence-electron chi connectivity index (χ2n) is 7.54. The van der Waals surface area contributed by atoms with Gasteiger partial charge in [-0.3, -0.25) is 4.90 Å². The normalized spacial score (nSPS) is 23.5. The van der Waals surface area contributed by atoms with Gasteiger partial charge < -0.3 is 9.64 Å². The topological polar surface area (TPSA) is 41.5 Å². The lowest BCUT2D eigenvalue weighted by Gasteiger charge is -2.40. The van der Waals surface area contributed by atoms with Gasteiger partial charge in [0.15, 0.2) is 5.82 Å². The maximum Gasteiger partial charge on any atom is 0.225 e. The molecule has 0 aliphatic carbocycles. The third-order valence-electron chi connectivity index (χ3n) is 5.63. The summed E-state index contributed by atoms with van der Waals surface area (Å²) in [4.78, 5) is 13.1. The lowest BCUT2D eigenvalue weighted by atomic mass is 9.79. The lowest BCUT2D eigenvalue weighted by Crippen LogP contribution is -2.45. The standard InChI is InChI=1S/C20H25FN4O/c1-26-18-5-3-16(4-6-18)13-24-10-8-20(14-24)7-2-9-25(15-20)19-22-11-17(21)12-23-19/h3-6,11-12H,2,7-10,13-15H2,1H3/t20-/m0/s1. The van der Waals surface area contributed by atoms with Crippen LogP contribution in [0.1, 0.15) is 24.8 Å². The van der Waals surface area contributed by atoms with Gasteiger partial charge in [-0.25, -0.2) is 14.4 Å². The lowest BCUT2D eigenvalue weighted by molar-refractivity contribution is 0.215. The number of methoxy groups -OCH3 is 1. The molecule has 0 saturated carbocycles. The molecular weight excluding hydrogens is 331 g/mol. The fourth-order valence-corrected chi connectivity index (χ4v) is 4.33. The molecule has 1 spiro atoms. The van der Waals surface area contributed by atoms with E-state index in [-0.39, 0.29) is 5.82 Å². The van der Waals surface area contributed by atoms with Crippen LogP contribution in [0.3, 0.4) is 0 Å². The number of hydrogen-bond acceptors (Lipinski definition) is 5. The highest BCUT2D eigenvalue weighted by Crippen LogP contribution is 2.40. The Labute approximate surface area is 153 Å². The number of likely N-dealkylation sites (tertiary alicyclic amines) is 1. The summed E-state index contributed by atoms with van der Waals surface area (Å²) >= 11 is 0. The summed E-state index contributed by atoms with van der Waals surface area (Å²) in [7, 11) is 1.69. The van der Waals surface area contributed by atoms with Gasteiger partial charge in [-0.15, -0.1) is 0 Å². The zero-order chi connectivity index (χ0) is 18.0. The molecule has 1 aromatic heterocycles. The second-order valence-corrected chi connectivity index (χ2v) is 7.54. The van der Waals surface area contributed by atoms with Crippen molar-refractivity contribution in [3.8, 4) is 5.75 Å². The van der Waals surface area contributed by atoms with Crippen molar-refractivity contribution in [2.45, 2.75) is 25.8 Å². The summed E-state index contributed by atoms with van der Waals surface area (Å²) in [6.45, 7) is 5.09. The van der Waals surface area contributed by atoms with Crippen molar-refractivity contribution in [1.82, 2.24) is 14.9 Å². The van der Waals surface area contributed by atoms with Crippen LogP contribution < -0.4 is 9.64 Å². The second kappa shape index (κ2) is 7.19. The van der Waals surface area contributed by atoms with Crippen LogP contribution >= 0.6 is 0 Å². The summed E-state index contributed by atoms with van der Waals surface area (Å²) in [5.74, 6) is 1.17. The SMILES string of the molecule is COc1ccc(CN2CC[C@@]3(CCCN(c4ncc(F)cn4)C3)C2)cc1. The number of nitrogens with zero attached hydrogens (tertiary/aromatic N) is 4. The zero-order valence-corrected chi connectivity index (χ0v) is 15.2. The average Bonchev–Trinajstić information content (AvgIpc) is 3.04. The molecule has 2 aromatic rings. The van der Waals surface area contributed by atoms with E-state index in [1.165, 1.54) is 30.8 Å². The van der Waals surface area contributed by atoms with E-state index in [2.05, 4.69) is 31.9 Å². The van der Waals surface area contributed by atoms with E-state index in [9.17, 15) is 4.39 Å². The zero-order valence-electron chi connectivity index (χ0n) is 15.2. The van der Waals surface area contributed by atoms with Gasteiger partial charge in [0.2, 0.25) is 5.95 Å². The van der Waals surface area contributed by atoms with Crippen molar-refractivity contribution in [1.29, 1.82) is 0 Å². The number of rotatable bonds is 4. The number of ether oxygens (including phenoxy) is 1. The predicted octanol–water partition coefficient (Wildman–Crippen LogP) is 3.12. The van der Waals surface area contributed by atoms with Crippen LogP contribution in [0, 0.1) is 11.2 Å². The number of piperidine rings is 1. The highest BCUT2D eigenvalue weighted by Gasteiger charge is 2.41. The number of aromatic nitrogens is 2. The molecule has 6 heteroatoms. The number of halogens is 1. The van der Waals surface area contributed by atoms with Gasteiger partial charge in [0.25, 0.3) is 0 Å². The van der Waals surface area contributed by atoms with E-state index in [4.69, 9.17) is 4.74 Å². The molecule has 26 heavy (non-hydrogen) atoms. The molecule has 0 bridgehead atoms. The minimum atomic E-state index is -0.382. The first-order valence-electron chi connectivity index (χ1n) is 9.24. The van der Waals surface area contributed by atoms with Crippen LogP contribution in [0.15, 0.2) is 36.7 Å². The van der Waals surface area contributed by atoms with Crippen LogP contribution in [-0.2, 0) is 6.54 Å². The minimum absolute atomic E-state index is 0.294. The maximum absolute atomic E-state index is 13.1. The molecule has 5 nitrogen and oxygen atoms in total. The molecule has 1 atom stereocenters. The monoisotopic (exact) mass is 356 g/mol. The van der Waals surface area contributed by atoms with Crippen LogP contribution in [0.2, 0.25) is 0 Å².